The average molecular weight is 353 g/mol. The molecule has 0 bridgehead atoms. The first-order chi connectivity index (χ1) is 10.7. The van der Waals surface area contributed by atoms with Crippen molar-refractivity contribution >= 4 is 24.0 Å². The van der Waals surface area contributed by atoms with Crippen LogP contribution in [0.2, 0.25) is 0 Å². The number of carboxylic acid groups (broad SMARTS) is 1. The second kappa shape index (κ2) is 8.88. The fourth-order valence-electron chi connectivity index (χ4n) is 1.78. The van der Waals surface area contributed by atoms with Gasteiger partial charge in [0.15, 0.2) is 0 Å². The monoisotopic (exact) mass is 353 g/mol. The molecule has 1 aliphatic heterocycles. The maximum Gasteiger partial charge on any atom is 0.490 e. The lowest BCUT2D eigenvalue weighted by Crippen LogP contribution is -2.29. The van der Waals surface area contributed by atoms with Crippen molar-refractivity contribution in [2.45, 2.75) is 29.2 Å². The summed E-state index contributed by atoms with van der Waals surface area (Å²) in [6.45, 7) is 2.01. The van der Waals surface area contributed by atoms with E-state index in [0.717, 1.165) is 25.9 Å². The first kappa shape index (κ1) is 19.4. The molecule has 1 aliphatic rings. The maximum absolute atomic E-state index is 13.6. The molecule has 4 nitrogen and oxygen atoms in total. The molecule has 2 N–H and O–H groups in total. The van der Waals surface area contributed by atoms with Gasteiger partial charge in [-0.05, 0) is 38.1 Å². The number of rotatable bonds is 3. The Morgan fingerprint density at radius 3 is 2.30 bits per heavy atom. The number of thioether (sulfide) groups is 1. The van der Waals surface area contributed by atoms with Crippen molar-refractivity contribution in [3.63, 3.8) is 0 Å². The number of piperidine rings is 1. The molecule has 0 saturated carbocycles. The summed E-state index contributed by atoms with van der Waals surface area (Å²) in [5, 5.41) is 10.9. The van der Waals surface area contributed by atoms with Gasteiger partial charge < -0.3 is 10.4 Å². The highest BCUT2D eigenvalue weighted by Gasteiger charge is 2.38. The standard InChI is InChI=1S/C12H14FNOS.C2HF3O2/c13-11-7-9(8-15)1-2-12(11)16-10-3-5-14-6-4-10;3-2(4,5)1(6)7/h1-2,7-8,10,14H,3-6H2;(H,6,7). The van der Waals surface area contributed by atoms with E-state index in [0.29, 0.717) is 22.0 Å². The van der Waals surface area contributed by atoms with Crippen LogP contribution >= 0.6 is 11.8 Å². The number of hydrogen-bond donors (Lipinski definition) is 2. The fraction of sp³-hybridized carbons (Fsp3) is 0.429. The van der Waals surface area contributed by atoms with Crippen LogP contribution in [0.4, 0.5) is 17.6 Å². The number of benzene rings is 1. The van der Waals surface area contributed by atoms with Crippen molar-refractivity contribution in [2.24, 2.45) is 0 Å². The number of carbonyl (C=O) groups is 2. The van der Waals surface area contributed by atoms with Gasteiger partial charge in [0.2, 0.25) is 0 Å². The van der Waals surface area contributed by atoms with E-state index in [4.69, 9.17) is 9.90 Å². The zero-order chi connectivity index (χ0) is 17.5. The van der Waals surface area contributed by atoms with E-state index in [2.05, 4.69) is 5.32 Å². The molecule has 9 heteroatoms. The number of halogens is 4. The summed E-state index contributed by atoms with van der Waals surface area (Å²) >= 11 is 1.58. The number of aliphatic carboxylic acids is 1. The summed E-state index contributed by atoms with van der Waals surface area (Å²) in [5.41, 5.74) is 0.396. The van der Waals surface area contributed by atoms with Crippen molar-refractivity contribution < 1.29 is 32.3 Å². The van der Waals surface area contributed by atoms with Gasteiger partial charge in [0.1, 0.15) is 12.1 Å². The normalized spacial score (nSPS) is 15.5. The van der Waals surface area contributed by atoms with Crippen molar-refractivity contribution in [2.75, 3.05) is 13.1 Å². The van der Waals surface area contributed by atoms with Crippen molar-refractivity contribution in [1.29, 1.82) is 0 Å². The smallest absolute Gasteiger partial charge is 0.475 e. The van der Waals surface area contributed by atoms with Crippen LogP contribution in [0.1, 0.15) is 23.2 Å². The van der Waals surface area contributed by atoms with Gasteiger partial charge in [0.05, 0.1) is 0 Å². The lowest BCUT2D eigenvalue weighted by atomic mass is 10.2. The van der Waals surface area contributed by atoms with Crippen LogP contribution in [-0.4, -0.2) is 41.9 Å². The van der Waals surface area contributed by atoms with Gasteiger partial charge in [0.25, 0.3) is 0 Å². The largest absolute Gasteiger partial charge is 0.490 e. The summed E-state index contributed by atoms with van der Waals surface area (Å²) in [6, 6.07) is 4.67. The minimum absolute atomic E-state index is 0.284. The Balaban J connectivity index is 0.000000322. The van der Waals surface area contributed by atoms with Gasteiger partial charge in [0, 0.05) is 15.7 Å². The van der Waals surface area contributed by atoms with Crippen LogP contribution in [0.15, 0.2) is 23.1 Å². The van der Waals surface area contributed by atoms with E-state index in [1.807, 2.05) is 0 Å². The van der Waals surface area contributed by atoms with E-state index in [1.54, 1.807) is 23.9 Å². The molecule has 1 fully saturated rings. The van der Waals surface area contributed by atoms with Gasteiger partial charge in [-0.15, -0.1) is 11.8 Å². The molecule has 128 valence electrons. The Kier molecular flexibility index (Phi) is 7.50. The molecule has 1 heterocycles. The first-order valence-electron chi connectivity index (χ1n) is 6.66. The summed E-state index contributed by atoms with van der Waals surface area (Å²) in [5.74, 6) is -3.04. The van der Waals surface area contributed by atoms with E-state index in [-0.39, 0.29) is 5.82 Å². The van der Waals surface area contributed by atoms with Gasteiger partial charge in [-0.2, -0.15) is 13.2 Å². The van der Waals surface area contributed by atoms with Crippen LogP contribution in [0.25, 0.3) is 0 Å². The molecule has 1 aromatic carbocycles. The number of carbonyl (C=O) groups excluding carboxylic acids is 1. The molecule has 0 spiro atoms. The molecule has 0 amide bonds. The van der Waals surface area contributed by atoms with Crippen LogP contribution in [-0.2, 0) is 4.79 Å². The maximum atomic E-state index is 13.6. The zero-order valence-corrected chi connectivity index (χ0v) is 12.7. The SMILES string of the molecule is O=C(O)C(F)(F)F.O=Cc1ccc(SC2CCNCC2)c(F)c1. The van der Waals surface area contributed by atoms with E-state index < -0.39 is 12.1 Å². The van der Waals surface area contributed by atoms with Crippen LogP contribution in [0, 0.1) is 5.82 Å². The number of nitrogens with one attached hydrogen (secondary N) is 1. The highest BCUT2D eigenvalue weighted by molar-refractivity contribution is 8.00. The van der Waals surface area contributed by atoms with Crippen molar-refractivity contribution in [3.05, 3.63) is 29.6 Å². The van der Waals surface area contributed by atoms with Crippen LogP contribution in [0.3, 0.4) is 0 Å². The topological polar surface area (TPSA) is 66.4 Å². The number of aldehydes is 1. The highest BCUT2D eigenvalue weighted by Crippen LogP contribution is 2.30. The Morgan fingerprint density at radius 2 is 1.87 bits per heavy atom. The Hall–Kier alpha value is -1.61. The molecular weight excluding hydrogens is 338 g/mol. The molecule has 0 aromatic heterocycles. The highest BCUT2D eigenvalue weighted by atomic mass is 32.2. The van der Waals surface area contributed by atoms with Crippen LogP contribution in [0.5, 0.6) is 0 Å². The minimum atomic E-state index is -5.08. The first-order valence-corrected chi connectivity index (χ1v) is 7.54. The molecule has 1 saturated heterocycles. The molecule has 2 rings (SSSR count). The second-order valence-electron chi connectivity index (χ2n) is 4.68. The minimum Gasteiger partial charge on any atom is -0.475 e. The third kappa shape index (κ3) is 7.00. The molecule has 0 atom stereocenters. The Labute approximate surface area is 134 Å². The summed E-state index contributed by atoms with van der Waals surface area (Å²) < 4.78 is 45.3. The molecule has 0 unspecified atom stereocenters. The lowest BCUT2D eigenvalue weighted by molar-refractivity contribution is -0.192. The third-order valence-electron chi connectivity index (χ3n) is 2.91. The van der Waals surface area contributed by atoms with Gasteiger partial charge in [-0.25, -0.2) is 9.18 Å². The van der Waals surface area contributed by atoms with E-state index in [9.17, 15) is 22.4 Å². The average Bonchev–Trinajstić information content (AvgIpc) is 2.50. The van der Waals surface area contributed by atoms with Gasteiger partial charge in [-0.1, -0.05) is 6.07 Å². The summed E-state index contributed by atoms with van der Waals surface area (Å²) in [7, 11) is 0. The van der Waals surface area contributed by atoms with Crippen molar-refractivity contribution in [1.82, 2.24) is 5.32 Å². The zero-order valence-electron chi connectivity index (χ0n) is 11.9. The van der Waals surface area contributed by atoms with E-state index in [1.165, 1.54) is 6.07 Å². The van der Waals surface area contributed by atoms with Gasteiger partial charge in [-0.3, -0.25) is 4.79 Å². The predicted molar refractivity (Wildman–Crippen MR) is 77.2 cm³/mol. The summed E-state index contributed by atoms with van der Waals surface area (Å²) in [4.78, 5) is 20.0. The Bertz CT molecular complexity index is 545. The Morgan fingerprint density at radius 1 is 1.30 bits per heavy atom. The third-order valence-corrected chi connectivity index (χ3v) is 4.30. The predicted octanol–water partition coefficient (Wildman–Crippen LogP) is 3.12. The molecule has 0 aliphatic carbocycles. The van der Waals surface area contributed by atoms with Crippen molar-refractivity contribution in [3.8, 4) is 0 Å². The molecule has 23 heavy (non-hydrogen) atoms. The summed E-state index contributed by atoms with van der Waals surface area (Å²) in [6.07, 6.45) is -2.28. The second-order valence-corrected chi connectivity index (χ2v) is 6.02. The number of alkyl halides is 3. The van der Waals surface area contributed by atoms with Crippen LogP contribution < -0.4 is 5.32 Å². The molecular formula is C14H15F4NO3S. The quantitative estimate of drug-likeness (QED) is 0.646. The van der Waals surface area contributed by atoms with E-state index >= 15 is 0 Å². The lowest BCUT2D eigenvalue weighted by Gasteiger charge is -2.22. The number of carboxylic acids is 1. The number of hydrogen-bond acceptors (Lipinski definition) is 4. The molecule has 1 aromatic rings. The molecule has 0 radical (unpaired) electrons. The van der Waals surface area contributed by atoms with Gasteiger partial charge >= 0.3 is 12.1 Å². The fourth-order valence-corrected chi connectivity index (χ4v) is 2.93.